The van der Waals surface area contributed by atoms with Gasteiger partial charge in [-0.15, -0.1) is 0 Å². The van der Waals surface area contributed by atoms with Gasteiger partial charge in [-0.25, -0.2) is 4.98 Å². The fourth-order valence-electron chi connectivity index (χ4n) is 2.80. The first kappa shape index (κ1) is 20.2. The van der Waals surface area contributed by atoms with Gasteiger partial charge in [0.2, 0.25) is 5.91 Å². The molecule has 1 aromatic rings. The molecule has 1 saturated heterocycles. The Morgan fingerprint density at radius 2 is 2.04 bits per heavy atom. The van der Waals surface area contributed by atoms with Crippen LogP contribution in [0, 0.1) is 5.92 Å². The highest BCUT2D eigenvalue weighted by atomic mass is 16.2. The molecule has 2 heterocycles. The fourth-order valence-corrected chi connectivity index (χ4v) is 2.80. The highest BCUT2D eigenvalue weighted by Crippen LogP contribution is 2.23. The summed E-state index contributed by atoms with van der Waals surface area (Å²) in [5.41, 5.74) is 1.11. The number of amides is 2. The zero-order valence-electron chi connectivity index (χ0n) is 16.3. The molecule has 2 amide bonds. The third-order valence-corrected chi connectivity index (χ3v) is 4.50. The van der Waals surface area contributed by atoms with Gasteiger partial charge in [0.15, 0.2) is 0 Å². The number of rotatable bonds is 7. The van der Waals surface area contributed by atoms with Crippen LogP contribution in [0.1, 0.15) is 44.0 Å². The average molecular weight is 361 g/mol. The Balaban J connectivity index is 2.31. The second kappa shape index (κ2) is 9.52. The molecule has 0 aliphatic carbocycles. The van der Waals surface area contributed by atoms with Crippen molar-refractivity contribution in [1.82, 2.24) is 15.2 Å². The van der Waals surface area contributed by atoms with Crippen LogP contribution in [0.4, 0.5) is 11.5 Å². The Morgan fingerprint density at radius 1 is 1.35 bits per heavy atom. The smallest absolute Gasteiger partial charge is 0.257 e. The highest BCUT2D eigenvalue weighted by molar-refractivity contribution is 6.01. The molecular formula is C19H31N5O2. The predicted molar refractivity (Wildman–Crippen MR) is 105 cm³/mol. The van der Waals surface area contributed by atoms with Crippen molar-refractivity contribution in [2.45, 2.75) is 33.6 Å². The van der Waals surface area contributed by atoms with Crippen molar-refractivity contribution in [3.63, 3.8) is 0 Å². The van der Waals surface area contributed by atoms with Crippen molar-refractivity contribution >= 4 is 23.3 Å². The first-order chi connectivity index (χ1) is 12.4. The average Bonchev–Trinajstić information content (AvgIpc) is 2.66. The molecule has 0 saturated carbocycles. The number of unbranched alkanes of at least 4 members (excludes halogenated alkanes) is 1. The number of hydrogen-bond acceptors (Lipinski definition) is 5. The van der Waals surface area contributed by atoms with E-state index in [4.69, 9.17) is 0 Å². The van der Waals surface area contributed by atoms with Crippen LogP contribution in [0.25, 0.3) is 0 Å². The van der Waals surface area contributed by atoms with Crippen molar-refractivity contribution < 1.29 is 9.59 Å². The maximum absolute atomic E-state index is 13.0. The Kier molecular flexibility index (Phi) is 7.38. The SMILES string of the molecule is CCCCN(C)C(=O)c1cc(NC(=O)C(C)C)cnc1N1CCNCC1. The second-order valence-corrected chi connectivity index (χ2v) is 7.06. The van der Waals surface area contributed by atoms with Gasteiger partial charge in [0.25, 0.3) is 5.91 Å². The summed E-state index contributed by atoms with van der Waals surface area (Å²) in [7, 11) is 1.82. The van der Waals surface area contributed by atoms with Crippen LogP contribution >= 0.6 is 0 Å². The Labute approximate surface area is 156 Å². The number of hydrogen-bond donors (Lipinski definition) is 2. The lowest BCUT2D eigenvalue weighted by molar-refractivity contribution is -0.118. The zero-order chi connectivity index (χ0) is 19.1. The van der Waals surface area contributed by atoms with Gasteiger partial charge in [0, 0.05) is 45.7 Å². The van der Waals surface area contributed by atoms with Crippen molar-refractivity contribution in [3.8, 4) is 0 Å². The van der Waals surface area contributed by atoms with Crippen molar-refractivity contribution in [1.29, 1.82) is 0 Å². The van der Waals surface area contributed by atoms with Crippen LogP contribution in [0.2, 0.25) is 0 Å². The highest BCUT2D eigenvalue weighted by Gasteiger charge is 2.23. The van der Waals surface area contributed by atoms with E-state index in [1.807, 2.05) is 20.9 Å². The minimum absolute atomic E-state index is 0.0554. The van der Waals surface area contributed by atoms with E-state index < -0.39 is 0 Å². The fraction of sp³-hybridized carbons (Fsp3) is 0.632. The maximum Gasteiger partial charge on any atom is 0.257 e. The minimum Gasteiger partial charge on any atom is -0.353 e. The molecule has 0 aromatic carbocycles. The van der Waals surface area contributed by atoms with Gasteiger partial charge in [-0.05, 0) is 12.5 Å². The van der Waals surface area contributed by atoms with Crippen molar-refractivity contribution in [3.05, 3.63) is 17.8 Å². The van der Waals surface area contributed by atoms with Crippen LogP contribution in [-0.4, -0.2) is 61.5 Å². The molecule has 1 aliphatic rings. The lowest BCUT2D eigenvalue weighted by Crippen LogP contribution is -2.45. The molecule has 0 radical (unpaired) electrons. The summed E-state index contributed by atoms with van der Waals surface area (Å²) in [5, 5.41) is 6.16. The quantitative estimate of drug-likeness (QED) is 0.776. The summed E-state index contributed by atoms with van der Waals surface area (Å²) in [6.45, 7) is 9.84. The molecule has 1 fully saturated rings. The third kappa shape index (κ3) is 5.17. The summed E-state index contributed by atoms with van der Waals surface area (Å²) >= 11 is 0. The standard InChI is InChI=1S/C19H31N5O2/c1-5-6-9-23(4)19(26)16-12-15(22-18(25)14(2)3)13-21-17(16)24-10-7-20-8-11-24/h12-14,20H,5-11H2,1-4H3,(H,22,25). The number of pyridine rings is 1. The van der Waals surface area contributed by atoms with E-state index in [2.05, 4.69) is 27.4 Å². The topological polar surface area (TPSA) is 77.6 Å². The number of aromatic nitrogens is 1. The van der Waals surface area contributed by atoms with Crippen LogP contribution in [0.3, 0.4) is 0 Å². The summed E-state index contributed by atoms with van der Waals surface area (Å²) in [6, 6.07) is 1.76. The van der Waals surface area contributed by atoms with Gasteiger partial charge in [-0.1, -0.05) is 27.2 Å². The zero-order valence-corrected chi connectivity index (χ0v) is 16.3. The largest absolute Gasteiger partial charge is 0.353 e. The number of carbonyl (C=O) groups excluding carboxylic acids is 2. The minimum atomic E-state index is -0.130. The number of carbonyl (C=O) groups is 2. The van der Waals surface area contributed by atoms with E-state index in [0.717, 1.165) is 39.0 Å². The van der Waals surface area contributed by atoms with E-state index in [9.17, 15) is 9.59 Å². The van der Waals surface area contributed by atoms with Crippen LogP contribution < -0.4 is 15.5 Å². The first-order valence-corrected chi connectivity index (χ1v) is 9.46. The Hall–Kier alpha value is -2.15. The molecule has 2 N–H and O–H groups in total. The number of nitrogens with zero attached hydrogens (tertiary/aromatic N) is 3. The molecule has 0 unspecified atom stereocenters. The summed E-state index contributed by atoms with van der Waals surface area (Å²) in [4.78, 5) is 33.4. The molecule has 0 atom stereocenters. The van der Waals surface area contributed by atoms with Gasteiger partial charge in [-0.2, -0.15) is 0 Å². The van der Waals surface area contributed by atoms with Crippen molar-refractivity contribution in [2.75, 3.05) is 50.0 Å². The van der Waals surface area contributed by atoms with Crippen LogP contribution in [-0.2, 0) is 4.79 Å². The second-order valence-electron chi connectivity index (χ2n) is 7.06. The van der Waals surface area contributed by atoms with E-state index in [1.54, 1.807) is 17.2 Å². The van der Waals surface area contributed by atoms with Gasteiger partial charge in [0.05, 0.1) is 17.4 Å². The van der Waals surface area contributed by atoms with Crippen LogP contribution in [0.5, 0.6) is 0 Å². The van der Waals surface area contributed by atoms with E-state index >= 15 is 0 Å². The monoisotopic (exact) mass is 361 g/mol. The molecule has 7 nitrogen and oxygen atoms in total. The van der Waals surface area contributed by atoms with Gasteiger partial charge >= 0.3 is 0 Å². The van der Waals surface area contributed by atoms with Gasteiger partial charge in [-0.3, -0.25) is 9.59 Å². The van der Waals surface area contributed by atoms with Crippen LogP contribution in [0.15, 0.2) is 12.3 Å². The van der Waals surface area contributed by atoms with E-state index in [-0.39, 0.29) is 17.7 Å². The van der Waals surface area contributed by atoms with E-state index in [0.29, 0.717) is 23.6 Å². The molecule has 0 spiro atoms. The predicted octanol–water partition coefficient (Wildman–Crippen LogP) is 1.96. The maximum atomic E-state index is 13.0. The lowest BCUT2D eigenvalue weighted by atomic mass is 10.1. The first-order valence-electron chi connectivity index (χ1n) is 9.46. The number of nitrogens with one attached hydrogen (secondary N) is 2. The molecule has 26 heavy (non-hydrogen) atoms. The summed E-state index contributed by atoms with van der Waals surface area (Å²) < 4.78 is 0. The molecule has 7 heteroatoms. The van der Waals surface area contributed by atoms with E-state index in [1.165, 1.54) is 0 Å². The third-order valence-electron chi connectivity index (χ3n) is 4.50. The summed E-state index contributed by atoms with van der Waals surface area (Å²) in [5.74, 6) is 0.427. The lowest BCUT2D eigenvalue weighted by Gasteiger charge is -2.30. The molecule has 1 aliphatic heterocycles. The number of piperazine rings is 1. The molecule has 1 aromatic heterocycles. The molecule has 0 bridgehead atoms. The number of anilines is 2. The summed E-state index contributed by atoms with van der Waals surface area (Å²) in [6.07, 6.45) is 3.63. The molecule has 2 rings (SSSR count). The molecule has 144 valence electrons. The Morgan fingerprint density at radius 3 is 2.65 bits per heavy atom. The van der Waals surface area contributed by atoms with Gasteiger partial charge < -0.3 is 20.4 Å². The Bertz CT molecular complexity index is 626. The normalized spacial score (nSPS) is 14.4. The van der Waals surface area contributed by atoms with Crippen molar-refractivity contribution in [2.24, 2.45) is 5.92 Å². The van der Waals surface area contributed by atoms with Gasteiger partial charge in [0.1, 0.15) is 5.82 Å². The molecular weight excluding hydrogens is 330 g/mol.